The van der Waals surface area contributed by atoms with Crippen molar-refractivity contribution in [1.29, 1.82) is 0 Å². The summed E-state index contributed by atoms with van der Waals surface area (Å²) in [5.74, 6) is -1.80. The smallest absolute Gasteiger partial charge is 0.308 e. The number of amides is 1. The molecule has 0 bridgehead atoms. The maximum Gasteiger partial charge on any atom is 0.308 e. The van der Waals surface area contributed by atoms with E-state index in [1.54, 1.807) is 26.0 Å². The molecular weight excluding hydrogens is 286 g/mol. The summed E-state index contributed by atoms with van der Waals surface area (Å²) in [6.45, 7) is 4.03. The van der Waals surface area contributed by atoms with Crippen molar-refractivity contribution < 1.29 is 24.5 Å². The van der Waals surface area contributed by atoms with Crippen LogP contribution in [0.2, 0.25) is 0 Å². The third-order valence-electron chi connectivity index (χ3n) is 4.24. The first-order valence-corrected chi connectivity index (χ1v) is 7.28. The van der Waals surface area contributed by atoms with Crippen LogP contribution in [0.4, 0.5) is 0 Å². The third-order valence-corrected chi connectivity index (χ3v) is 4.24. The van der Waals surface area contributed by atoms with Crippen LogP contribution >= 0.6 is 0 Å². The summed E-state index contributed by atoms with van der Waals surface area (Å²) in [5, 5.41) is 19.4. The molecule has 1 heterocycles. The number of rotatable bonds is 3. The molecule has 0 unspecified atom stereocenters. The second-order valence-electron chi connectivity index (χ2n) is 5.69. The van der Waals surface area contributed by atoms with Crippen LogP contribution in [-0.4, -0.2) is 46.7 Å². The van der Waals surface area contributed by atoms with Crippen molar-refractivity contribution in [2.24, 2.45) is 5.92 Å². The van der Waals surface area contributed by atoms with Crippen LogP contribution < -0.4 is 4.74 Å². The van der Waals surface area contributed by atoms with Crippen molar-refractivity contribution >= 4 is 11.9 Å². The van der Waals surface area contributed by atoms with Gasteiger partial charge in [-0.05, 0) is 44.4 Å². The molecule has 2 N–H and O–H groups in total. The van der Waals surface area contributed by atoms with Crippen LogP contribution in [0, 0.1) is 12.8 Å². The highest BCUT2D eigenvalue weighted by Crippen LogP contribution is 2.34. The highest BCUT2D eigenvalue weighted by atomic mass is 16.5. The number of phenols is 1. The predicted octanol–water partition coefficient (Wildman–Crippen LogP) is 2.03. The van der Waals surface area contributed by atoms with Gasteiger partial charge in [0.2, 0.25) is 0 Å². The number of aromatic hydroxyl groups is 1. The Morgan fingerprint density at radius 2 is 2.05 bits per heavy atom. The number of carbonyl (C=O) groups excluding carboxylic acids is 1. The van der Waals surface area contributed by atoms with E-state index in [4.69, 9.17) is 4.74 Å². The minimum atomic E-state index is -0.893. The molecule has 1 saturated heterocycles. The SMILES string of the molecule is COc1cc(C)cc(C(=O)N2CCC[C@H](C(=O)O)[C@@H]2C)c1O. The molecule has 0 radical (unpaired) electrons. The molecule has 1 aliphatic rings. The second-order valence-corrected chi connectivity index (χ2v) is 5.69. The number of piperidine rings is 1. The van der Waals surface area contributed by atoms with Crippen LogP contribution in [0.25, 0.3) is 0 Å². The van der Waals surface area contributed by atoms with Crippen LogP contribution in [0.5, 0.6) is 11.5 Å². The molecule has 6 nitrogen and oxygen atoms in total. The quantitative estimate of drug-likeness (QED) is 0.892. The van der Waals surface area contributed by atoms with E-state index in [0.29, 0.717) is 19.4 Å². The first-order chi connectivity index (χ1) is 10.4. The summed E-state index contributed by atoms with van der Waals surface area (Å²) in [6.07, 6.45) is 1.19. The number of hydrogen-bond donors (Lipinski definition) is 2. The number of likely N-dealkylation sites (tertiary alicyclic amines) is 1. The molecule has 1 aromatic carbocycles. The fourth-order valence-corrected chi connectivity index (χ4v) is 2.98. The van der Waals surface area contributed by atoms with E-state index in [2.05, 4.69) is 0 Å². The molecule has 0 saturated carbocycles. The van der Waals surface area contributed by atoms with Gasteiger partial charge in [0.05, 0.1) is 18.6 Å². The molecule has 0 aromatic heterocycles. The van der Waals surface area contributed by atoms with Gasteiger partial charge in [0.15, 0.2) is 11.5 Å². The van der Waals surface area contributed by atoms with Gasteiger partial charge in [-0.2, -0.15) is 0 Å². The Morgan fingerprint density at radius 3 is 2.64 bits per heavy atom. The first-order valence-electron chi connectivity index (χ1n) is 7.28. The fourth-order valence-electron chi connectivity index (χ4n) is 2.98. The van der Waals surface area contributed by atoms with E-state index < -0.39 is 17.9 Å². The minimum absolute atomic E-state index is 0.148. The van der Waals surface area contributed by atoms with E-state index in [1.165, 1.54) is 12.0 Å². The number of ether oxygens (including phenoxy) is 1. The molecule has 1 amide bonds. The monoisotopic (exact) mass is 307 g/mol. The highest BCUT2D eigenvalue weighted by Gasteiger charge is 2.36. The summed E-state index contributed by atoms with van der Waals surface area (Å²) in [5.41, 5.74) is 0.937. The van der Waals surface area contributed by atoms with Gasteiger partial charge in [0.1, 0.15) is 0 Å². The summed E-state index contributed by atoms with van der Waals surface area (Å²) in [6, 6.07) is 2.83. The van der Waals surface area contributed by atoms with Gasteiger partial charge >= 0.3 is 5.97 Å². The Bertz CT molecular complexity index is 598. The Hall–Kier alpha value is -2.24. The number of aliphatic carboxylic acids is 1. The van der Waals surface area contributed by atoms with Gasteiger partial charge < -0.3 is 19.8 Å². The zero-order valence-electron chi connectivity index (χ0n) is 13.0. The number of methoxy groups -OCH3 is 1. The van der Waals surface area contributed by atoms with Gasteiger partial charge in [0.25, 0.3) is 5.91 Å². The summed E-state index contributed by atoms with van der Waals surface area (Å²) >= 11 is 0. The van der Waals surface area contributed by atoms with E-state index in [0.717, 1.165) is 5.56 Å². The zero-order valence-corrected chi connectivity index (χ0v) is 13.0. The average molecular weight is 307 g/mol. The van der Waals surface area contributed by atoms with Gasteiger partial charge in [-0.25, -0.2) is 0 Å². The van der Waals surface area contributed by atoms with E-state index in [1.807, 2.05) is 0 Å². The predicted molar refractivity (Wildman–Crippen MR) is 80.3 cm³/mol. The lowest BCUT2D eigenvalue weighted by atomic mass is 9.89. The Kier molecular flexibility index (Phi) is 4.59. The summed E-state index contributed by atoms with van der Waals surface area (Å²) in [7, 11) is 1.42. The molecule has 2 atom stereocenters. The molecule has 1 aliphatic heterocycles. The van der Waals surface area contributed by atoms with Gasteiger partial charge in [-0.1, -0.05) is 0 Å². The van der Waals surface area contributed by atoms with Crippen LogP contribution in [-0.2, 0) is 4.79 Å². The number of phenolic OH excluding ortho intramolecular Hbond substituents is 1. The van der Waals surface area contributed by atoms with E-state index in [-0.39, 0.29) is 23.0 Å². The van der Waals surface area contributed by atoms with Gasteiger partial charge in [-0.15, -0.1) is 0 Å². The second kappa shape index (κ2) is 6.25. The summed E-state index contributed by atoms with van der Waals surface area (Å²) in [4.78, 5) is 25.5. The fraction of sp³-hybridized carbons (Fsp3) is 0.500. The lowest BCUT2D eigenvalue weighted by Crippen LogP contribution is -2.49. The molecular formula is C16H21NO5. The van der Waals surface area contributed by atoms with Crippen LogP contribution in [0.3, 0.4) is 0 Å². The van der Waals surface area contributed by atoms with Crippen molar-refractivity contribution in [1.82, 2.24) is 4.90 Å². The molecule has 120 valence electrons. The topological polar surface area (TPSA) is 87.1 Å². The van der Waals surface area contributed by atoms with Crippen LogP contribution in [0.15, 0.2) is 12.1 Å². The molecule has 2 rings (SSSR count). The van der Waals surface area contributed by atoms with E-state index >= 15 is 0 Å². The third kappa shape index (κ3) is 2.86. The molecule has 1 aromatic rings. The minimum Gasteiger partial charge on any atom is -0.504 e. The average Bonchev–Trinajstić information content (AvgIpc) is 2.48. The molecule has 1 fully saturated rings. The number of benzene rings is 1. The maximum atomic E-state index is 12.7. The van der Waals surface area contributed by atoms with Crippen molar-refractivity contribution in [2.75, 3.05) is 13.7 Å². The van der Waals surface area contributed by atoms with Crippen molar-refractivity contribution in [2.45, 2.75) is 32.7 Å². The number of carboxylic acids is 1. The Balaban J connectivity index is 2.35. The van der Waals surface area contributed by atoms with Crippen molar-refractivity contribution in [3.8, 4) is 11.5 Å². The lowest BCUT2D eigenvalue weighted by Gasteiger charge is -2.37. The molecule has 22 heavy (non-hydrogen) atoms. The number of hydrogen-bond acceptors (Lipinski definition) is 4. The number of aryl methyl sites for hydroxylation is 1. The van der Waals surface area contributed by atoms with Gasteiger partial charge in [-0.3, -0.25) is 9.59 Å². The number of carboxylic acid groups (broad SMARTS) is 1. The molecule has 0 spiro atoms. The van der Waals surface area contributed by atoms with Crippen molar-refractivity contribution in [3.63, 3.8) is 0 Å². The van der Waals surface area contributed by atoms with Crippen molar-refractivity contribution in [3.05, 3.63) is 23.3 Å². The molecule has 0 aliphatic carbocycles. The lowest BCUT2D eigenvalue weighted by molar-refractivity contribution is -0.144. The normalized spacial score (nSPS) is 21.5. The van der Waals surface area contributed by atoms with E-state index in [9.17, 15) is 19.8 Å². The van der Waals surface area contributed by atoms with Crippen LogP contribution in [0.1, 0.15) is 35.7 Å². The number of carbonyl (C=O) groups is 2. The Morgan fingerprint density at radius 1 is 1.36 bits per heavy atom. The summed E-state index contributed by atoms with van der Waals surface area (Å²) < 4.78 is 5.08. The zero-order chi connectivity index (χ0) is 16.4. The molecule has 6 heteroatoms. The maximum absolute atomic E-state index is 12.7. The highest BCUT2D eigenvalue weighted by molar-refractivity contribution is 5.98. The largest absolute Gasteiger partial charge is 0.504 e. The van der Waals surface area contributed by atoms with Gasteiger partial charge in [0, 0.05) is 12.6 Å². The standard InChI is InChI=1S/C16H21NO5/c1-9-7-12(14(18)13(8-9)22-3)15(19)17-6-4-5-11(10(17)2)16(20)21/h7-8,10-11,18H,4-6H2,1-3H3,(H,20,21)/t10-,11-/m0/s1. The first kappa shape index (κ1) is 16.1. The Labute approximate surface area is 129 Å². The number of nitrogens with zero attached hydrogens (tertiary/aromatic N) is 1.